The second-order valence-electron chi connectivity index (χ2n) is 6.53. The van der Waals surface area contributed by atoms with Crippen molar-refractivity contribution in [2.75, 3.05) is 0 Å². The molecule has 0 aliphatic carbocycles. The van der Waals surface area contributed by atoms with E-state index in [0.29, 0.717) is 22.6 Å². The van der Waals surface area contributed by atoms with Crippen LogP contribution in [0.25, 0.3) is 0 Å². The van der Waals surface area contributed by atoms with Crippen LogP contribution in [-0.4, -0.2) is 24.2 Å². The number of carbonyl (C=O) groups excluding carboxylic acids is 1. The van der Waals surface area contributed by atoms with Gasteiger partial charge < -0.3 is 10.1 Å². The third-order valence-electron chi connectivity index (χ3n) is 4.40. The highest BCUT2D eigenvalue weighted by Crippen LogP contribution is 2.38. The zero-order valence-electron chi connectivity index (χ0n) is 14.3. The number of hydrogen-bond acceptors (Lipinski definition) is 2. The Morgan fingerprint density at radius 1 is 1.00 bits per heavy atom. The summed E-state index contributed by atoms with van der Waals surface area (Å²) in [5.41, 5.74) is 1.21. The molecule has 9 heteroatoms. The Morgan fingerprint density at radius 3 is 2.25 bits per heavy atom. The van der Waals surface area contributed by atoms with Crippen molar-refractivity contribution < 1.29 is 31.5 Å². The highest BCUT2D eigenvalue weighted by molar-refractivity contribution is 6.30. The third-order valence-corrected chi connectivity index (χ3v) is 4.63. The van der Waals surface area contributed by atoms with E-state index in [9.17, 15) is 26.7 Å². The van der Waals surface area contributed by atoms with Gasteiger partial charge in [0.15, 0.2) is 0 Å². The summed E-state index contributed by atoms with van der Waals surface area (Å²) in [5, 5.41) is 3.15. The first-order chi connectivity index (χ1) is 13.0. The Morgan fingerprint density at radius 2 is 1.64 bits per heavy atom. The molecule has 1 saturated heterocycles. The molecule has 0 bridgehead atoms. The van der Waals surface area contributed by atoms with Crippen LogP contribution in [0.1, 0.15) is 22.8 Å². The number of hydrogen-bond donors (Lipinski definition) is 1. The Kier molecular flexibility index (Phi) is 5.52. The van der Waals surface area contributed by atoms with E-state index in [4.69, 9.17) is 16.3 Å². The van der Waals surface area contributed by atoms with Crippen LogP contribution in [0.5, 0.6) is 0 Å². The predicted molar refractivity (Wildman–Crippen MR) is 92.4 cm³/mol. The maximum Gasteiger partial charge on any atom is 0.453 e. The van der Waals surface area contributed by atoms with Gasteiger partial charge in [-0.05, 0) is 35.2 Å². The van der Waals surface area contributed by atoms with Crippen molar-refractivity contribution in [3.63, 3.8) is 0 Å². The molecule has 0 saturated carbocycles. The number of carbonyl (C=O) groups is 1. The van der Waals surface area contributed by atoms with Gasteiger partial charge in [-0.3, -0.25) is 0 Å². The van der Waals surface area contributed by atoms with E-state index < -0.39 is 36.8 Å². The highest BCUT2D eigenvalue weighted by atomic mass is 35.5. The molecular formula is C19H15ClF5NO2. The Labute approximate surface area is 162 Å². The molecule has 0 aromatic heterocycles. The lowest BCUT2D eigenvalue weighted by Crippen LogP contribution is -2.38. The molecule has 2 aromatic carbocycles. The molecule has 28 heavy (non-hydrogen) atoms. The van der Waals surface area contributed by atoms with E-state index in [1.165, 1.54) is 24.3 Å². The average molecular weight is 420 g/mol. The molecule has 3 rings (SSSR count). The van der Waals surface area contributed by atoms with Gasteiger partial charge in [-0.15, -0.1) is 0 Å². The molecular weight excluding hydrogens is 405 g/mol. The van der Waals surface area contributed by atoms with E-state index >= 15 is 0 Å². The first-order valence-corrected chi connectivity index (χ1v) is 8.68. The number of nitrogens with one attached hydrogen (secondary N) is 1. The summed E-state index contributed by atoms with van der Waals surface area (Å²) < 4.78 is 68.6. The first kappa shape index (κ1) is 20.4. The monoisotopic (exact) mass is 419 g/mol. The topological polar surface area (TPSA) is 38.3 Å². The Hall–Kier alpha value is -2.35. The summed E-state index contributed by atoms with van der Waals surface area (Å²) in [4.78, 5) is 11.7. The molecule has 1 fully saturated rings. The molecule has 1 aliphatic heterocycles. The minimum Gasteiger partial charge on any atom is -0.439 e. The van der Waals surface area contributed by atoms with E-state index in [0.717, 1.165) is 0 Å². The minimum atomic E-state index is -5.60. The largest absolute Gasteiger partial charge is 0.453 e. The average Bonchev–Trinajstić information content (AvgIpc) is 2.96. The SMILES string of the molecule is O=C1NC(Cc2ccc(CC(F)(F)C(F)(F)F)cc2)C(c2cccc(Cl)c2)O1. The van der Waals surface area contributed by atoms with E-state index in [2.05, 4.69) is 5.32 Å². The van der Waals surface area contributed by atoms with Crippen LogP contribution in [0, 0.1) is 0 Å². The fraction of sp³-hybridized carbons (Fsp3) is 0.316. The molecule has 1 heterocycles. The van der Waals surface area contributed by atoms with E-state index in [1.807, 2.05) is 0 Å². The van der Waals surface area contributed by atoms with Crippen molar-refractivity contribution in [3.05, 3.63) is 70.2 Å². The second kappa shape index (κ2) is 7.58. The second-order valence-corrected chi connectivity index (χ2v) is 6.97. The van der Waals surface area contributed by atoms with Crippen molar-refractivity contribution in [2.45, 2.75) is 37.1 Å². The number of cyclic esters (lactones) is 1. The number of ether oxygens (including phenoxy) is 1. The van der Waals surface area contributed by atoms with Crippen LogP contribution in [0.15, 0.2) is 48.5 Å². The van der Waals surface area contributed by atoms with Gasteiger partial charge in [0.25, 0.3) is 0 Å². The van der Waals surface area contributed by atoms with Gasteiger partial charge in [-0.1, -0.05) is 48.0 Å². The quantitative estimate of drug-likeness (QED) is 0.652. The number of alkyl halides is 5. The molecule has 1 N–H and O–H groups in total. The van der Waals surface area contributed by atoms with E-state index in [1.54, 1.807) is 24.3 Å². The number of amides is 1. The van der Waals surface area contributed by atoms with Crippen molar-refractivity contribution >= 4 is 17.7 Å². The van der Waals surface area contributed by atoms with Crippen molar-refractivity contribution in [3.8, 4) is 0 Å². The lowest BCUT2D eigenvalue weighted by atomic mass is 9.95. The van der Waals surface area contributed by atoms with E-state index in [-0.39, 0.29) is 5.56 Å². The third kappa shape index (κ3) is 4.55. The zero-order valence-corrected chi connectivity index (χ0v) is 15.0. The summed E-state index contributed by atoms with van der Waals surface area (Å²) in [6.07, 6.45) is -7.91. The smallest absolute Gasteiger partial charge is 0.439 e. The van der Waals surface area contributed by atoms with Crippen LogP contribution in [-0.2, 0) is 17.6 Å². The zero-order chi connectivity index (χ0) is 20.5. The van der Waals surface area contributed by atoms with Gasteiger partial charge in [0.05, 0.1) is 6.04 Å². The maximum atomic E-state index is 13.2. The molecule has 2 unspecified atom stereocenters. The molecule has 0 radical (unpaired) electrons. The van der Waals surface area contributed by atoms with Crippen LogP contribution in [0.4, 0.5) is 26.7 Å². The highest BCUT2D eigenvalue weighted by Gasteiger charge is 2.57. The summed E-state index contributed by atoms with van der Waals surface area (Å²) >= 11 is 5.97. The van der Waals surface area contributed by atoms with Crippen molar-refractivity contribution in [1.82, 2.24) is 5.32 Å². The summed E-state index contributed by atoms with van der Waals surface area (Å²) in [6, 6.07) is 11.8. The van der Waals surface area contributed by atoms with Crippen LogP contribution in [0.3, 0.4) is 0 Å². The van der Waals surface area contributed by atoms with Crippen molar-refractivity contribution in [1.29, 1.82) is 0 Å². The summed E-state index contributed by atoms with van der Waals surface area (Å²) in [7, 11) is 0. The minimum absolute atomic E-state index is 0.135. The van der Waals surface area contributed by atoms with Crippen LogP contribution >= 0.6 is 11.6 Å². The van der Waals surface area contributed by atoms with Gasteiger partial charge in [0.1, 0.15) is 6.10 Å². The molecule has 1 aliphatic rings. The standard InChI is InChI=1S/C19H15ClF5NO2/c20-14-3-1-2-13(9-14)16-15(26-17(27)28-16)8-11-4-6-12(7-5-11)10-18(21,22)19(23,24)25/h1-7,9,15-16H,8,10H2,(H,26,27). The predicted octanol–water partition coefficient (Wildman–Crippen LogP) is 5.47. The van der Waals surface area contributed by atoms with Crippen molar-refractivity contribution in [2.24, 2.45) is 0 Å². The number of rotatable bonds is 5. The Balaban J connectivity index is 1.71. The molecule has 3 nitrogen and oxygen atoms in total. The van der Waals surface area contributed by atoms with Gasteiger partial charge in [0.2, 0.25) is 0 Å². The Bertz CT molecular complexity index is 854. The van der Waals surface area contributed by atoms with Crippen LogP contribution in [0.2, 0.25) is 5.02 Å². The number of benzene rings is 2. The number of alkyl carbamates (subject to hydrolysis) is 1. The summed E-state index contributed by atoms with van der Waals surface area (Å²) in [6.45, 7) is 0. The van der Waals surface area contributed by atoms with Gasteiger partial charge in [-0.25, -0.2) is 4.79 Å². The normalized spacial score (nSPS) is 20.0. The fourth-order valence-electron chi connectivity index (χ4n) is 3.00. The maximum absolute atomic E-state index is 13.2. The molecule has 150 valence electrons. The molecule has 0 spiro atoms. The lowest BCUT2D eigenvalue weighted by Gasteiger charge is -2.20. The lowest BCUT2D eigenvalue weighted by molar-refractivity contribution is -0.281. The number of halogens is 6. The van der Waals surface area contributed by atoms with Gasteiger partial charge >= 0.3 is 18.2 Å². The summed E-state index contributed by atoms with van der Waals surface area (Å²) in [5.74, 6) is -4.79. The first-order valence-electron chi connectivity index (χ1n) is 8.30. The van der Waals surface area contributed by atoms with Crippen LogP contribution < -0.4 is 5.32 Å². The molecule has 2 aromatic rings. The fourth-order valence-corrected chi connectivity index (χ4v) is 3.20. The molecule has 2 atom stereocenters. The van der Waals surface area contributed by atoms with Gasteiger partial charge in [0, 0.05) is 11.4 Å². The van der Waals surface area contributed by atoms with Gasteiger partial charge in [-0.2, -0.15) is 22.0 Å². The molecule has 1 amide bonds.